The van der Waals surface area contributed by atoms with Crippen molar-refractivity contribution >= 4 is 0 Å². The van der Waals surface area contributed by atoms with Gasteiger partial charge in [-0.2, -0.15) is 0 Å². The Labute approximate surface area is 128 Å². The van der Waals surface area contributed by atoms with Crippen LogP contribution < -0.4 is 0 Å². The summed E-state index contributed by atoms with van der Waals surface area (Å²) in [5, 5.41) is 9.05. The number of aliphatic hydroxyl groups is 1. The highest BCUT2D eigenvalue weighted by Crippen LogP contribution is 2.13. The van der Waals surface area contributed by atoms with Crippen molar-refractivity contribution in [3.05, 3.63) is 6.92 Å². The molecule has 1 unspecified atom stereocenters. The molecule has 0 aromatic carbocycles. The van der Waals surface area contributed by atoms with Gasteiger partial charge in [0, 0.05) is 0 Å². The summed E-state index contributed by atoms with van der Waals surface area (Å²) in [6.07, 6.45) is 21.4. The second-order valence-electron chi connectivity index (χ2n) is 6.39. The van der Waals surface area contributed by atoms with Gasteiger partial charge in [0.15, 0.2) is 0 Å². The molecule has 0 fully saturated rings. The highest BCUT2D eigenvalue weighted by Gasteiger charge is 1.96. The highest BCUT2D eigenvalue weighted by atomic mass is 16.3. The molecule has 0 aliphatic rings. The molecule has 1 heteroatoms. The lowest BCUT2D eigenvalue weighted by molar-refractivity contribution is 0.205. The molecule has 0 saturated heterocycles. The zero-order valence-corrected chi connectivity index (χ0v) is 14.0. The van der Waals surface area contributed by atoms with E-state index < -0.39 is 0 Å². The van der Waals surface area contributed by atoms with Gasteiger partial charge in [0.05, 0.1) is 6.10 Å². The van der Waals surface area contributed by atoms with Crippen LogP contribution >= 0.6 is 0 Å². The summed E-state index contributed by atoms with van der Waals surface area (Å²) < 4.78 is 0. The Morgan fingerprint density at radius 2 is 0.900 bits per heavy atom. The van der Waals surface area contributed by atoms with Crippen LogP contribution in [0.1, 0.15) is 110 Å². The van der Waals surface area contributed by atoms with Crippen LogP contribution in [0, 0.1) is 6.92 Å². The molecular formula is C19H39O. The van der Waals surface area contributed by atoms with Crippen molar-refractivity contribution in [3.8, 4) is 0 Å². The number of aliphatic hydroxyl groups excluding tert-OH is 1. The standard InChI is InChI=1S/C19H39O/c1-3-4-5-6-7-8-9-10-11-12-13-14-15-16-17-18-19(2)20/h19-20H,2-18H2,1H3. The molecule has 121 valence electrons. The fraction of sp³-hybridized carbons (Fsp3) is 0.947. The SMILES string of the molecule is [CH2]C(O)CCCCCCCCCCCCCCCCC. The van der Waals surface area contributed by atoms with E-state index in [9.17, 15) is 0 Å². The molecule has 0 heterocycles. The van der Waals surface area contributed by atoms with Crippen molar-refractivity contribution in [2.45, 2.75) is 116 Å². The van der Waals surface area contributed by atoms with E-state index in [1.54, 1.807) is 0 Å². The van der Waals surface area contributed by atoms with Crippen molar-refractivity contribution in [2.75, 3.05) is 0 Å². The van der Waals surface area contributed by atoms with E-state index in [2.05, 4.69) is 13.8 Å². The van der Waals surface area contributed by atoms with E-state index >= 15 is 0 Å². The fourth-order valence-electron chi connectivity index (χ4n) is 2.75. The van der Waals surface area contributed by atoms with Crippen molar-refractivity contribution in [1.29, 1.82) is 0 Å². The second kappa shape index (κ2) is 17.0. The predicted octanol–water partition coefficient (Wildman–Crippen LogP) is 6.44. The van der Waals surface area contributed by atoms with E-state index in [-0.39, 0.29) is 6.10 Å². The molecule has 1 radical (unpaired) electrons. The smallest absolute Gasteiger partial charge is 0.0541 e. The lowest BCUT2D eigenvalue weighted by Gasteiger charge is -2.04. The molecule has 1 N–H and O–H groups in total. The van der Waals surface area contributed by atoms with E-state index in [0.29, 0.717) is 0 Å². The Hall–Kier alpha value is -0.0400. The third-order valence-corrected chi connectivity index (χ3v) is 4.14. The van der Waals surface area contributed by atoms with Gasteiger partial charge in [-0.1, -0.05) is 103 Å². The Morgan fingerprint density at radius 1 is 0.600 bits per heavy atom. The zero-order chi connectivity index (χ0) is 14.9. The molecule has 0 saturated carbocycles. The van der Waals surface area contributed by atoms with Gasteiger partial charge in [-0.3, -0.25) is 0 Å². The molecule has 0 aliphatic heterocycles. The van der Waals surface area contributed by atoms with Gasteiger partial charge in [-0.25, -0.2) is 0 Å². The maximum atomic E-state index is 9.05. The Kier molecular flexibility index (Phi) is 17.0. The molecule has 20 heavy (non-hydrogen) atoms. The van der Waals surface area contributed by atoms with Gasteiger partial charge in [-0.15, -0.1) is 0 Å². The number of hydrogen-bond donors (Lipinski definition) is 1. The maximum Gasteiger partial charge on any atom is 0.0541 e. The van der Waals surface area contributed by atoms with Crippen molar-refractivity contribution in [3.63, 3.8) is 0 Å². The van der Waals surface area contributed by atoms with Gasteiger partial charge >= 0.3 is 0 Å². The van der Waals surface area contributed by atoms with Gasteiger partial charge < -0.3 is 5.11 Å². The first-order valence-corrected chi connectivity index (χ1v) is 9.28. The minimum Gasteiger partial charge on any atom is -0.393 e. The Morgan fingerprint density at radius 3 is 1.20 bits per heavy atom. The first kappa shape index (κ1) is 20.0. The molecule has 0 aliphatic carbocycles. The lowest BCUT2D eigenvalue weighted by atomic mass is 10.0. The molecule has 0 aromatic rings. The molecule has 0 spiro atoms. The number of rotatable bonds is 16. The summed E-state index contributed by atoms with van der Waals surface area (Å²) in [6, 6.07) is 0. The largest absolute Gasteiger partial charge is 0.393 e. The third-order valence-electron chi connectivity index (χ3n) is 4.14. The van der Waals surface area contributed by atoms with Gasteiger partial charge in [0.1, 0.15) is 0 Å². The maximum absolute atomic E-state index is 9.05. The quantitative estimate of drug-likeness (QED) is 0.323. The summed E-state index contributed by atoms with van der Waals surface area (Å²) in [7, 11) is 0. The van der Waals surface area contributed by atoms with E-state index in [1.165, 1.54) is 89.9 Å². The molecule has 1 atom stereocenters. The fourth-order valence-corrected chi connectivity index (χ4v) is 2.75. The Balaban J connectivity index is 2.92. The van der Waals surface area contributed by atoms with Crippen molar-refractivity contribution < 1.29 is 5.11 Å². The molecule has 0 aromatic heterocycles. The van der Waals surface area contributed by atoms with Gasteiger partial charge in [0.2, 0.25) is 0 Å². The number of hydrogen-bond acceptors (Lipinski definition) is 1. The summed E-state index contributed by atoms with van der Waals surface area (Å²) in [5.41, 5.74) is 0. The monoisotopic (exact) mass is 283 g/mol. The molecule has 0 amide bonds. The van der Waals surface area contributed by atoms with Crippen LogP contribution in [0.15, 0.2) is 0 Å². The lowest BCUT2D eigenvalue weighted by Crippen LogP contribution is -1.98. The summed E-state index contributed by atoms with van der Waals surface area (Å²) >= 11 is 0. The van der Waals surface area contributed by atoms with E-state index in [4.69, 9.17) is 5.11 Å². The molecule has 0 rings (SSSR count). The first-order valence-electron chi connectivity index (χ1n) is 9.28. The van der Waals surface area contributed by atoms with Gasteiger partial charge in [0.25, 0.3) is 0 Å². The third kappa shape index (κ3) is 18.0. The van der Waals surface area contributed by atoms with Crippen LogP contribution in [0.5, 0.6) is 0 Å². The van der Waals surface area contributed by atoms with Crippen LogP contribution in [0.25, 0.3) is 0 Å². The second-order valence-corrected chi connectivity index (χ2v) is 6.39. The van der Waals surface area contributed by atoms with Crippen LogP contribution in [0.3, 0.4) is 0 Å². The normalized spacial score (nSPS) is 12.8. The predicted molar refractivity (Wildman–Crippen MR) is 90.9 cm³/mol. The average Bonchev–Trinajstić information content (AvgIpc) is 2.43. The summed E-state index contributed by atoms with van der Waals surface area (Å²) in [5.74, 6) is 0. The minimum absolute atomic E-state index is 0.350. The van der Waals surface area contributed by atoms with E-state index in [0.717, 1.165) is 12.8 Å². The van der Waals surface area contributed by atoms with Crippen molar-refractivity contribution in [2.24, 2.45) is 0 Å². The topological polar surface area (TPSA) is 20.2 Å². The van der Waals surface area contributed by atoms with Crippen LogP contribution in [-0.4, -0.2) is 11.2 Å². The molecule has 0 bridgehead atoms. The number of unbranched alkanes of at least 4 members (excludes halogenated alkanes) is 14. The van der Waals surface area contributed by atoms with Crippen LogP contribution in [0.2, 0.25) is 0 Å². The molecule has 1 nitrogen and oxygen atoms in total. The average molecular weight is 284 g/mol. The van der Waals surface area contributed by atoms with Crippen LogP contribution in [-0.2, 0) is 0 Å². The minimum atomic E-state index is -0.350. The van der Waals surface area contributed by atoms with Gasteiger partial charge in [-0.05, 0) is 13.3 Å². The van der Waals surface area contributed by atoms with Crippen molar-refractivity contribution in [1.82, 2.24) is 0 Å². The zero-order valence-electron chi connectivity index (χ0n) is 14.0. The first-order chi connectivity index (χ1) is 9.77. The summed E-state index contributed by atoms with van der Waals surface area (Å²) in [6.45, 7) is 5.88. The van der Waals surface area contributed by atoms with E-state index in [1.807, 2.05) is 0 Å². The Bertz CT molecular complexity index is 165. The highest BCUT2D eigenvalue weighted by molar-refractivity contribution is 4.56. The molecular weight excluding hydrogens is 244 g/mol. The summed E-state index contributed by atoms with van der Waals surface area (Å²) in [4.78, 5) is 0. The van der Waals surface area contributed by atoms with Crippen LogP contribution in [0.4, 0.5) is 0 Å².